The van der Waals surface area contributed by atoms with Gasteiger partial charge in [-0.1, -0.05) is 51.7 Å². The summed E-state index contributed by atoms with van der Waals surface area (Å²) >= 11 is 0. The summed E-state index contributed by atoms with van der Waals surface area (Å²) < 4.78 is 0. The van der Waals surface area contributed by atoms with Crippen molar-refractivity contribution in [1.82, 2.24) is 4.90 Å². The van der Waals surface area contributed by atoms with E-state index in [0.717, 1.165) is 51.4 Å². The summed E-state index contributed by atoms with van der Waals surface area (Å²) in [5.74, 6) is -1.36. The first-order valence-corrected chi connectivity index (χ1v) is 12.1. The monoisotopic (exact) mass is 451 g/mol. The van der Waals surface area contributed by atoms with Crippen molar-refractivity contribution in [3.8, 4) is 0 Å². The van der Waals surface area contributed by atoms with Gasteiger partial charge in [0.15, 0.2) is 0 Å². The third kappa shape index (κ3) is 4.75. The van der Waals surface area contributed by atoms with Gasteiger partial charge in [0, 0.05) is 12.1 Å². The van der Waals surface area contributed by atoms with Crippen molar-refractivity contribution in [3.63, 3.8) is 0 Å². The fourth-order valence-corrected chi connectivity index (χ4v) is 5.94. The molecule has 0 radical (unpaired) electrons. The first-order chi connectivity index (χ1) is 15.8. The van der Waals surface area contributed by atoms with Crippen LogP contribution in [0.2, 0.25) is 0 Å². The summed E-state index contributed by atoms with van der Waals surface area (Å²) in [6.45, 7) is 4.46. The minimum absolute atomic E-state index is 0.0201. The topological polar surface area (TPSA) is 94.9 Å². The smallest absolute Gasteiger partial charge is 0.336 e. The van der Waals surface area contributed by atoms with Crippen LogP contribution < -0.4 is 0 Å². The largest absolute Gasteiger partial charge is 0.478 e. The molecule has 0 saturated heterocycles. The van der Waals surface area contributed by atoms with Crippen LogP contribution in [-0.4, -0.2) is 45.0 Å². The average Bonchev–Trinajstić information content (AvgIpc) is 2.78. The zero-order chi connectivity index (χ0) is 23.7. The first-order valence-electron chi connectivity index (χ1n) is 12.1. The minimum atomic E-state index is -1.14. The van der Waals surface area contributed by atoms with Crippen molar-refractivity contribution in [2.45, 2.75) is 77.3 Å². The number of nitrogens with zero attached hydrogens (tertiary/aromatic N) is 1. The second-order valence-corrected chi connectivity index (χ2v) is 10.1. The lowest BCUT2D eigenvalue weighted by atomic mass is 9.81. The normalized spacial score (nSPS) is 25.5. The van der Waals surface area contributed by atoms with Crippen LogP contribution in [0, 0.1) is 11.8 Å². The molecule has 2 saturated carbocycles. The summed E-state index contributed by atoms with van der Waals surface area (Å²) in [4.78, 5) is 39.9. The maximum absolute atomic E-state index is 14.3. The third-order valence-corrected chi connectivity index (χ3v) is 7.55. The molecular formula is C27H33NO5. The maximum Gasteiger partial charge on any atom is 0.336 e. The lowest BCUT2D eigenvalue weighted by Gasteiger charge is -2.44. The third-order valence-electron chi connectivity index (χ3n) is 7.55. The van der Waals surface area contributed by atoms with Gasteiger partial charge in [-0.25, -0.2) is 9.59 Å². The first kappa shape index (κ1) is 23.3. The highest BCUT2D eigenvalue weighted by Gasteiger charge is 2.37. The fourth-order valence-electron chi connectivity index (χ4n) is 5.94. The molecule has 176 valence electrons. The molecule has 2 aliphatic carbocycles. The van der Waals surface area contributed by atoms with Gasteiger partial charge in [-0.2, -0.15) is 0 Å². The Bertz CT molecular complexity index is 1060. The van der Waals surface area contributed by atoms with E-state index in [0.29, 0.717) is 22.6 Å². The number of carboxylic acid groups (broad SMARTS) is 2. The van der Waals surface area contributed by atoms with Crippen molar-refractivity contribution in [3.05, 3.63) is 47.0 Å². The summed E-state index contributed by atoms with van der Waals surface area (Å²) in [6, 6.07) is 7.78. The molecular weight excluding hydrogens is 418 g/mol. The van der Waals surface area contributed by atoms with Crippen molar-refractivity contribution in [2.75, 3.05) is 0 Å². The number of carbonyl (C=O) groups excluding carboxylic acids is 1. The van der Waals surface area contributed by atoms with Crippen molar-refractivity contribution in [2.24, 2.45) is 11.8 Å². The molecule has 0 aliphatic heterocycles. The zero-order valence-electron chi connectivity index (χ0n) is 19.4. The van der Waals surface area contributed by atoms with Crippen LogP contribution in [0.1, 0.15) is 96.3 Å². The standard InChI is InChI=1S/C27H33NO5/c1-16-5-3-7-20(13-16)28(21-8-4-6-17(2)14-21)25(29)24-22-11-10-19(26(30)31)15-18(22)9-12-23(24)27(32)33/h9-12,15-17,20-21H,3-8,13-14H2,1-2H3,(H,30,31)(H,32,33). The lowest BCUT2D eigenvalue weighted by Crippen LogP contribution is -2.50. The van der Waals surface area contributed by atoms with Gasteiger partial charge in [-0.3, -0.25) is 4.79 Å². The molecule has 4 rings (SSSR count). The summed E-state index contributed by atoms with van der Waals surface area (Å²) in [5.41, 5.74) is 0.282. The van der Waals surface area contributed by atoms with Crippen LogP contribution in [0.5, 0.6) is 0 Å². The van der Waals surface area contributed by atoms with Crippen LogP contribution in [0.25, 0.3) is 10.8 Å². The Morgan fingerprint density at radius 2 is 1.42 bits per heavy atom. The summed E-state index contributed by atoms with van der Waals surface area (Å²) in [6.07, 6.45) is 8.22. The summed E-state index contributed by atoms with van der Waals surface area (Å²) in [7, 11) is 0. The van der Waals surface area contributed by atoms with Crippen molar-refractivity contribution >= 4 is 28.6 Å². The molecule has 0 aromatic heterocycles. The predicted molar refractivity (Wildman–Crippen MR) is 127 cm³/mol. The van der Waals surface area contributed by atoms with Crippen LogP contribution in [0.4, 0.5) is 0 Å². The molecule has 2 N–H and O–H groups in total. The van der Waals surface area contributed by atoms with Gasteiger partial charge in [-0.15, -0.1) is 0 Å². The second-order valence-electron chi connectivity index (χ2n) is 10.1. The molecule has 33 heavy (non-hydrogen) atoms. The molecule has 2 aromatic carbocycles. The van der Waals surface area contributed by atoms with E-state index in [9.17, 15) is 24.6 Å². The highest BCUT2D eigenvalue weighted by atomic mass is 16.4. The number of carbonyl (C=O) groups is 3. The Balaban J connectivity index is 1.84. The molecule has 4 unspecified atom stereocenters. The van der Waals surface area contributed by atoms with E-state index in [1.165, 1.54) is 18.2 Å². The van der Waals surface area contributed by atoms with Gasteiger partial charge in [-0.05, 0) is 66.5 Å². The predicted octanol–water partition coefficient (Wildman–Crippen LogP) is 5.84. The maximum atomic E-state index is 14.3. The Morgan fingerprint density at radius 3 is 1.94 bits per heavy atom. The molecule has 0 bridgehead atoms. The van der Waals surface area contributed by atoms with Crippen LogP contribution >= 0.6 is 0 Å². The van der Waals surface area contributed by atoms with Gasteiger partial charge in [0.2, 0.25) is 0 Å². The van der Waals surface area contributed by atoms with E-state index in [-0.39, 0.29) is 34.7 Å². The van der Waals surface area contributed by atoms with Crippen LogP contribution in [-0.2, 0) is 0 Å². The molecule has 6 heteroatoms. The van der Waals surface area contributed by atoms with E-state index in [1.54, 1.807) is 12.1 Å². The highest BCUT2D eigenvalue weighted by Crippen LogP contribution is 2.36. The number of hydrogen-bond acceptors (Lipinski definition) is 3. The fraction of sp³-hybridized carbons (Fsp3) is 0.519. The van der Waals surface area contributed by atoms with Gasteiger partial charge < -0.3 is 15.1 Å². The Hall–Kier alpha value is -2.89. The van der Waals surface area contributed by atoms with E-state index in [1.807, 2.05) is 4.90 Å². The zero-order valence-corrected chi connectivity index (χ0v) is 19.4. The van der Waals surface area contributed by atoms with Gasteiger partial charge >= 0.3 is 11.9 Å². The van der Waals surface area contributed by atoms with Crippen LogP contribution in [0.3, 0.4) is 0 Å². The Morgan fingerprint density at radius 1 is 0.818 bits per heavy atom. The molecule has 0 spiro atoms. The summed E-state index contributed by atoms with van der Waals surface area (Å²) in [5, 5.41) is 20.4. The second kappa shape index (κ2) is 9.54. The molecule has 2 aromatic rings. The number of hydrogen-bond donors (Lipinski definition) is 2. The van der Waals surface area contributed by atoms with E-state index in [2.05, 4.69) is 13.8 Å². The number of fused-ring (bicyclic) bond motifs is 1. The van der Waals surface area contributed by atoms with Crippen molar-refractivity contribution in [1.29, 1.82) is 0 Å². The Labute approximate surface area is 194 Å². The Kier molecular flexibility index (Phi) is 6.73. The lowest BCUT2D eigenvalue weighted by molar-refractivity contribution is 0.0366. The van der Waals surface area contributed by atoms with E-state index < -0.39 is 11.9 Å². The van der Waals surface area contributed by atoms with Gasteiger partial charge in [0.25, 0.3) is 5.91 Å². The quantitative estimate of drug-likeness (QED) is 0.596. The highest BCUT2D eigenvalue weighted by molar-refractivity contribution is 6.15. The van der Waals surface area contributed by atoms with Crippen LogP contribution in [0.15, 0.2) is 30.3 Å². The number of carboxylic acids is 2. The van der Waals surface area contributed by atoms with Gasteiger partial charge in [0.05, 0.1) is 16.7 Å². The molecule has 4 atom stereocenters. The average molecular weight is 452 g/mol. The van der Waals surface area contributed by atoms with E-state index in [4.69, 9.17) is 0 Å². The molecule has 0 heterocycles. The minimum Gasteiger partial charge on any atom is -0.478 e. The molecule has 6 nitrogen and oxygen atoms in total. The molecule has 2 fully saturated rings. The molecule has 2 aliphatic rings. The number of benzene rings is 2. The van der Waals surface area contributed by atoms with Crippen molar-refractivity contribution < 1.29 is 24.6 Å². The van der Waals surface area contributed by atoms with Gasteiger partial charge in [0.1, 0.15) is 0 Å². The molecule has 1 amide bonds. The number of aromatic carboxylic acids is 2. The number of amides is 1. The number of rotatable bonds is 5. The SMILES string of the molecule is CC1CCCC(N(C(=O)c2c(C(=O)O)ccc3cc(C(=O)O)ccc23)C2CCCC(C)C2)C1. The van der Waals surface area contributed by atoms with E-state index >= 15 is 0 Å².